The third kappa shape index (κ3) is 4.77. The van der Waals surface area contributed by atoms with Gasteiger partial charge in [-0.1, -0.05) is 51.2 Å². The van der Waals surface area contributed by atoms with Crippen LogP contribution in [0.15, 0.2) is 24.3 Å². The SMILES string of the molecule is CCCCC1CCC(C2CCC3CC(c4cccc(F)c4)CCC3C2)CC1. The zero-order chi connectivity index (χ0) is 18.6. The largest absolute Gasteiger partial charge is 0.207 e. The fourth-order valence-electron chi connectivity index (χ4n) is 6.86. The summed E-state index contributed by atoms with van der Waals surface area (Å²) < 4.78 is 13.6. The Kier molecular flexibility index (Phi) is 6.56. The molecule has 1 aromatic rings. The van der Waals surface area contributed by atoms with E-state index in [1.165, 1.54) is 89.0 Å². The molecular weight excluding hydrogens is 331 g/mol. The van der Waals surface area contributed by atoms with Gasteiger partial charge >= 0.3 is 0 Å². The van der Waals surface area contributed by atoms with Gasteiger partial charge in [-0.25, -0.2) is 4.39 Å². The predicted molar refractivity (Wildman–Crippen MR) is 112 cm³/mol. The molecule has 150 valence electrons. The van der Waals surface area contributed by atoms with Crippen LogP contribution < -0.4 is 0 Å². The summed E-state index contributed by atoms with van der Waals surface area (Å²) in [4.78, 5) is 0. The maximum absolute atomic E-state index is 13.6. The van der Waals surface area contributed by atoms with Gasteiger partial charge in [-0.15, -0.1) is 0 Å². The topological polar surface area (TPSA) is 0 Å². The standard InChI is InChI=1S/C26H39F/c1-2-3-5-19-8-10-20(11-9-19)22-12-13-25-17-23(14-15-24(25)16-22)21-6-4-7-26(27)18-21/h4,6-7,18-20,22-25H,2-3,5,8-17H2,1H3. The molecule has 0 bridgehead atoms. The summed E-state index contributed by atoms with van der Waals surface area (Å²) in [5.74, 6) is 5.50. The van der Waals surface area contributed by atoms with Crippen molar-refractivity contribution in [1.29, 1.82) is 0 Å². The molecule has 4 unspecified atom stereocenters. The number of hydrogen-bond donors (Lipinski definition) is 0. The van der Waals surface area contributed by atoms with Gasteiger partial charge in [0.1, 0.15) is 5.82 Å². The average Bonchev–Trinajstić information content (AvgIpc) is 2.72. The van der Waals surface area contributed by atoms with E-state index in [2.05, 4.69) is 13.0 Å². The summed E-state index contributed by atoms with van der Waals surface area (Å²) in [5, 5.41) is 0. The number of unbranched alkanes of at least 4 members (excludes halogenated alkanes) is 1. The molecule has 0 N–H and O–H groups in total. The van der Waals surface area contributed by atoms with E-state index in [1.54, 1.807) is 12.1 Å². The van der Waals surface area contributed by atoms with Gasteiger partial charge in [0.2, 0.25) is 0 Å². The molecule has 0 spiro atoms. The van der Waals surface area contributed by atoms with Crippen LogP contribution in [0.1, 0.15) is 102 Å². The molecule has 4 rings (SSSR count). The second-order valence-electron chi connectivity index (χ2n) is 10.1. The second-order valence-corrected chi connectivity index (χ2v) is 10.1. The molecule has 3 saturated carbocycles. The maximum atomic E-state index is 13.6. The van der Waals surface area contributed by atoms with Crippen molar-refractivity contribution >= 4 is 0 Å². The van der Waals surface area contributed by atoms with Crippen molar-refractivity contribution in [2.45, 2.75) is 96.3 Å². The minimum absolute atomic E-state index is 0.0622. The number of halogens is 1. The molecule has 1 heteroatoms. The van der Waals surface area contributed by atoms with Crippen LogP contribution in [0.4, 0.5) is 4.39 Å². The van der Waals surface area contributed by atoms with Gasteiger partial charge in [0.25, 0.3) is 0 Å². The number of hydrogen-bond acceptors (Lipinski definition) is 0. The highest BCUT2D eigenvalue weighted by Gasteiger charge is 2.39. The zero-order valence-corrected chi connectivity index (χ0v) is 17.3. The monoisotopic (exact) mass is 370 g/mol. The van der Waals surface area contributed by atoms with Crippen LogP contribution >= 0.6 is 0 Å². The Bertz CT molecular complexity index is 586. The summed E-state index contributed by atoms with van der Waals surface area (Å²) in [5.41, 5.74) is 1.25. The van der Waals surface area contributed by atoms with Crippen molar-refractivity contribution < 1.29 is 4.39 Å². The summed E-state index contributed by atoms with van der Waals surface area (Å²) in [7, 11) is 0. The van der Waals surface area contributed by atoms with E-state index in [0.717, 1.165) is 29.6 Å². The number of benzene rings is 1. The Hall–Kier alpha value is -0.850. The molecule has 0 radical (unpaired) electrons. The predicted octanol–water partition coefficient (Wildman–Crippen LogP) is 8.12. The van der Waals surface area contributed by atoms with Crippen LogP contribution in [0, 0.1) is 35.4 Å². The van der Waals surface area contributed by atoms with Gasteiger partial charge in [0.05, 0.1) is 0 Å². The van der Waals surface area contributed by atoms with Gasteiger partial charge < -0.3 is 0 Å². The third-order valence-corrected chi connectivity index (χ3v) is 8.50. The minimum atomic E-state index is -0.0622. The number of fused-ring (bicyclic) bond motifs is 1. The first-order valence-corrected chi connectivity index (χ1v) is 12.0. The van der Waals surface area contributed by atoms with Gasteiger partial charge in [-0.3, -0.25) is 0 Å². The van der Waals surface area contributed by atoms with Crippen molar-refractivity contribution in [1.82, 2.24) is 0 Å². The molecule has 3 aliphatic rings. The van der Waals surface area contributed by atoms with Gasteiger partial charge in [-0.05, 0) is 105 Å². The maximum Gasteiger partial charge on any atom is 0.123 e. The molecule has 0 saturated heterocycles. The smallest absolute Gasteiger partial charge is 0.123 e. The molecule has 0 aromatic heterocycles. The molecule has 4 atom stereocenters. The van der Waals surface area contributed by atoms with E-state index in [1.807, 2.05) is 6.07 Å². The first-order valence-electron chi connectivity index (χ1n) is 12.0. The molecule has 0 nitrogen and oxygen atoms in total. The Morgan fingerprint density at radius 2 is 1.48 bits per heavy atom. The van der Waals surface area contributed by atoms with Crippen molar-refractivity contribution in [3.05, 3.63) is 35.6 Å². The highest BCUT2D eigenvalue weighted by molar-refractivity contribution is 5.21. The fraction of sp³-hybridized carbons (Fsp3) is 0.769. The second kappa shape index (κ2) is 9.10. The van der Waals surface area contributed by atoms with E-state index in [9.17, 15) is 4.39 Å². The molecule has 0 aliphatic heterocycles. The van der Waals surface area contributed by atoms with Crippen molar-refractivity contribution in [3.63, 3.8) is 0 Å². The van der Waals surface area contributed by atoms with Crippen molar-refractivity contribution in [2.24, 2.45) is 29.6 Å². The van der Waals surface area contributed by atoms with Gasteiger partial charge in [-0.2, -0.15) is 0 Å². The molecular formula is C26H39F. The van der Waals surface area contributed by atoms with Gasteiger partial charge in [0, 0.05) is 0 Å². The van der Waals surface area contributed by atoms with E-state index in [4.69, 9.17) is 0 Å². The van der Waals surface area contributed by atoms with Gasteiger partial charge in [0.15, 0.2) is 0 Å². The molecule has 3 aliphatic carbocycles. The summed E-state index contributed by atoms with van der Waals surface area (Å²) in [6.07, 6.45) is 18.7. The number of rotatable bonds is 5. The first-order chi connectivity index (χ1) is 13.2. The van der Waals surface area contributed by atoms with Crippen molar-refractivity contribution in [2.75, 3.05) is 0 Å². The normalized spacial score (nSPS) is 37.0. The highest BCUT2D eigenvalue weighted by Crippen LogP contribution is 2.51. The van der Waals surface area contributed by atoms with Crippen LogP contribution in [-0.2, 0) is 0 Å². The summed E-state index contributed by atoms with van der Waals surface area (Å²) in [6.45, 7) is 2.33. The lowest BCUT2D eigenvalue weighted by molar-refractivity contribution is 0.0710. The Morgan fingerprint density at radius 1 is 0.815 bits per heavy atom. The van der Waals surface area contributed by atoms with Crippen LogP contribution in [0.2, 0.25) is 0 Å². The van der Waals surface area contributed by atoms with Crippen molar-refractivity contribution in [3.8, 4) is 0 Å². The molecule has 1 aromatic carbocycles. The molecule has 27 heavy (non-hydrogen) atoms. The van der Waals surface area contributed by atoms with E-state index in [-0.39, 0.29) is 5.82 Å². The Balaban J connectivity index is 1.27. The van der Waals surface area contributed by atoms with Crippen LogP contribution in [-0.4, -0.2) is 0 Å². The quantitative estimate of drug-likeness (QED) is 0.491. The molecule has 0 heterocycles. The molecule has 0 amide bonds. The Labute approximate surface area is 166 Å². The van der Waals surface area contributed by atoms with Crippen LogP contribution in [0.25, 0.3) is 0 Å². The Morgan fingerprint density at radius 3 is 2.22 bits per heavy atom. The van der Waals surface area contributed by atoms with Crippen LogP contribution in [0.3, 0.4) is 0 Å². The third-order valence-electron chi connectivity index (χ3n) is 8.50. The average molecular weight is 371 g/mol. The van der Waals surface area contributed by atoms with E-state index < -0.39 is 0 Å². The zero-order valence-electron chi connectivity index (χ0n) is 17.3. The lowest BCUT2D eigenvalue weighted by atomic mass is 9.60. The first kappa shape index (κ1) is 19.5. The van der Waals surface area contributed by atoms with E-state index >= 15 is 0 Å². The van der Waals surface area contributed by atoms with E-state index in [0.29, 0.717) is 5.92 Å². The summed E-state index contributed by atoms with van der Waals surface area (Å²) >= 11 is 0. The summed E-state index contributed by atoms with van der Waals surface area (Å²) in [6, 6.07) is 7.41. The highest BCUT2D eigenvalue weighted by atomic mass is 19.1. The minimum Gasteiger partial charge on any atom is -0.207 e. The lowest BCUT2D eigenvalue weighted by Gasteiger charge is -2.45. The molecule has 3 fully saturated rings. The van der Waals surface area contributed by atoms with Crippen LogP contribution in [0.5, 0.6) is 0 Å². The lowest BCUT2D eigenvalue weighted by Crippen LogP contribution is -2.34. The fourth-order valence-corrected chi connectivity index (χ4v) is 6.86.